The molecular formula is C15H14N2O6S. The number of nitrogens with one attached hydrogen (secondary N) is 2. The molecule has 0 bridgehead atoms. The molecule has 7 N–H and O–H groups in total. The smallest absolute Gasteiger partial charge is 0.309 e. The first-order valence-corrected chi connectivity index (χ1v) is 7.35. The summed E-state index contributed by atoms with van der Waals surface area (Å²) in [4.78, 5) is 11.7. The molecule has 2 aromatic carbocycles. The number of hydroxylamine groups is 1. The second-order valence-electron chi connectivity index (χ2n) is 4.61. The summed E-state index contributed by atoms with van der Waals surface area (Å²) in [6, 6.07) is 8.78. The van der Waals surface area contributed by atoms with Crippen LogP contribution in [0, 0.1) is 0 Å². The Labute approximate surface area is 140 Å². The average molecular weight is 350 g/mol. The van der Waals surface area contributed by atoms with E-state index in [4.69, 9.17) is 5.21 Å². The standard InChI is InChI=1S/C15H14N2O6S/c18-9-6-11(19)14(12(20)7-9)17-24-10-3-1-2-8(4-10)5-13(21)15(22)16-23/h1-7,17-21,23H,(H,16,22)/b13-5-. The number of benzene rings is 2. The molecule has 0 radical (unpaired) electrons. The number of hydrogen-bond acceptors (Lipinski definition) is 8. The van der Waals surface area contributed by atoms with E-state index in [2.05, 4.69) is 4.72 Å². The predicted octanol–water partition coefficient (Wildman–Crippen LogP) is 2.33. The number of rotatable bonds is 5. The number of carbonyl (C=O) groups excluding carboxylic acids is 1. The van der Waals surface area contributed by atoms with Crippen molar-refractivity contribution < 1.29 is 30.4 Å². The van der Waals surface area contributed by atoms with Crippen LogP contribution in [0.15, 0.2) is 47.1 Å². The van der Waals surface area contributed by atoms with E-state index in [1.165, 1.54) is 5.48 Å². The van der Waals surface area contributed by atoms with Crippen LogP contribution in [0.2, 0.25) is 0 Å². The average Bonchev–Trinajstić information content (AvgIpc) is 2.53. The Morgan fingerprint density at radius 3 is 2.38 bits per heavy atom. The molecule has 0 fully saturated rings. The molecular weight excluding hydrogens is 336 g/mol. The van der Waals surface area contributed by atoms with Gasteiger partial charge in [-0.25, -0.2) is 5.48 Å². The van der Waals surface area contributed by atoms with Gasteiger partial charge in [0.15, 0.2) is 5.76 Å². The van der Waals surface area contributed by atoms with Crippen molar-refractivity contribution in [2.24, 2.45) is 0 Å². The summed E-state index contributed by atoms with van der Waals surface area (Å²) >= 11 is 1.05. The molecule has 24 heavy (non-hydrogen) atoms. The fourth-order valence-electron chi connectivity index (χ4n) is 1.76. The van der Waals surface area contributed by atoms with E-state index < -0.39 is 11.7 Å². The van der Waals surface area contributed by atoms with E-state index in [1.807, 2.05) is 0 Å². The number of aliphatic hydroxyl groups is 1. The molecule has 0 atom stereocenters. The summed E-state index contributed by atoms with van der Waals surface area (Å²) in [5.41, 5.74) is 1.83. The van der Waals surface area contributed by atoms with Gasteiger partial charge >= 0.3 is 5.91 Å². The molecule has 2 rings (SSSR count). The zero-order valence-corrected chi connectivity index (χ0v) is 12.9. The van der Waals surface area contributed by atoms with E-state index in [-0.39, 0.29) is 22.9 Å². The van der Waals surface area contributed by atoms with Gasteiger partial charge in [0.2, 0.25) is 0 Å². The number of anilines is 1. The van der Waals surface area contributed by atoms with Gasteiger partial charge in [-0.2, -0.15) is 0 Å². The molecule has 126 valence electrons. The highest BCUT2D eigenvalue weighted by molar-refractivity contribution is 8.00. The normalized spacial score (nSPS) is 11.1. The molecule has 0 aromatic heterocycles. The minimum atomic E-state index is -1.04. The molecule has 2 aromatic rings. The first-order chi connectivity index (χ1) is 11.4. The van der Waals surface area contributed by atoms with Crippen LogP contribution in [0.4, 0.5) is 5.69 Å². The summed E-state index contributed by atoms with van der Waals surface area (Å²) in [6.07, 6.45) is 1.16. The van der Waals surface area contributed by atoms with E-state index in [0.717, 1.165) is 30.2 Å². The molecule has 0 spiro atoms. The number of aliphatic hydroxyl groups excluding tert-OH is 1. The molecule has 0 aliphatic carbocycles. The number of amides is 1. The minimum absolute atomic E-state index is 0.0289. The van der Waals surface area contributed by atoms with Gasteiger partial charge in [0.25, 0.3) is 0 Å². The van der Waals surface area contributed by atoms with Gasteiger partial charge in [0.05, 0.1) is 0 Å². The topological polar surface area (TPSA) is 142 Å². The van der Waals surface area contributed by atoms with E-state index in [1.54, 1.807) is 24.3 Å². The van der Waals surface area contributed by atoms with Crippen molar-refractivity contribution in [3.63, 3.8) is 0 Å². The van der Waals surface area contributed by atoms with Crippen LogP contribution in [0.25, 0.3) is 6.08 Å². The zero-order chi connectivity index (χ0) is 17.7. The zero-order valence-electron chi connectivity index (χ0n) is 12.1. The van der Waals surface area contributed by atoms with Gasteiger partial charge < -0.3 is 25.1 Å². The van der Waals surface area contributed by atoms with Crippen LogP contribution in [-0.2, 0) is 4.79 Å². The lowest BCUT2D eigenvalue weighted by Gasteiger charge is -2.10. The summed E-state index contributed by atoms with van der Waals surface area (Å²) in [5.74, 6) is -2.63. The Bertz CT molecular complexity index is 770. The molecule has 0 aliphatic heterocycles. The SMILES string of the molecule is O=C(NO)/C(O)=C/c1cccc(SNc2c(O)cc(O)cc2O)c1. The van der Waals surface area contributed by atoms with Crippen molar-refractivity contribution in [1.29, 1.82) is 0 Å². The van der Waals surface area contributed by atoms with E-state index in [0.29, 0.717) is 10.5 Å². The molecule has 0 aliphatic rings. The third-order valence-corrected chi connectivity index (χ3v) is 3.64. The number of hydrogen-bond donors (Lipinski definition) is 7. The predicted molar refractivity (Wildman–Crippen MR) is 87.9 cm³/mol. The monoisotopic (exact) mass is 350 g/mol. The third kappa shape index (κ3) is 4.24. The molecule has 0 saturated carbocycles. The number of carbonyl (C=O) groups is 1. The molecule has 9 heteroatoms. The second kappa shape index (κ2) is 7.49. The summed E-state index contributed by atoms with van der Waals surface area (Å²) in [7, 11) is 0. The van der Waals surface area contributed by atoms with Crippen LogP contribution in [0.1, 0.15) is 5.56 Å². The van der Waals surface area contributed by atoms with E-state index in [9.17, 15) is 25.2 Å². The van der Waals surface area contributed by atoms with Crippen molar-refractivity contribution >= 4 is 29.6 Å². The Hall–Kier alpha value is -3.04. The van der Waals surface area contributed by atoms with Crippen molar-refractivity contribution in [2.45, 2.75) is 4.90 Å². The molecule has 0 unspecified atom stereocenters. The van der Waals surface area contributed by atoms with Crippen molar-refractivity contribution in [1.82, 2.24) is 5.48 Å². The van der Waals surface area contributed by atoms with E-state index >= 15 is 0 Å². The van der Waals surface area contributed by atoms with Crippen LogP contribution < -0.4 is 10.2 Å². The Morgan fingerprint density at radius 1 is 1.08 bits per heavy atom. The van der Waals surface area contributed by atoms with Crippen molar-refractivity contribution in [3.8, 4) is 17.2 Å². The molecule has 8 nitrogen and oxygen atoms in total. The third-order valence-electron chi connectivity index (χ3n) is 2.85. The first kappa shape index (κ1) is 17.3. The maximum atomic E-state index is 11.0. The van der Waals surface area contributed by atoms with Gasteiger partial charge in [0.1, 0.15) is 22.9 Å². The van der Waals surface area contributed by atoms with Crippen molar-refractivity contribution in [3.05, 3.63) is 47.7 Å². The Morgan fingerprint density at radius 2 is 1.75 bits per heavy atom. The lowest BCUT2D eigenvalue weighted by atomic mass is 10.2. The highest BCUT2D eigenvalue weighted by Gasteiger charge is 2.10. The van der Waals surface area contributed by atoms with Gasteiger partial charge in [0, 0.05) is 17.0 Å². The fourth-order valence-corrected chi connectivity index (χ4v) is 2.53. The highest BCUT2D eigenvalue weighted by atomic mass is 32.2. The molecule has 0 heterocycles. The summed E-state index contributed by atoms with van der Waals surface area (Å²) in [5, 5.41) is 46.6. The van der Waals surface area contributed by atoms with Crippen LogP contribution in [0.5, 0.6) is 17.2 Å². The second-order valence-corrected chi connectivity index (χ2v) is 5.49. The van der Waals surface area contributed by atoms with Crippen LogP contribution in [-0.4, -0.2) is 31.5 Å². The van der Waals surface area contributed by atoms with Gasteiger partial charge in [-0.15, -0.1) is 0 Å². The summed E-state index contributed by atoms with van der Waals surface area (Å²) in [6.45, 7) is 0. The van der Waals surface area contributed by atoms with Gasteiger partial charge in [-0.3, -0.25) is 10.0 Å². The number of phenols is 3. The Kier molecular flexibility index (Phi) is 5.40. The molecule has 1 amide bonds. The van der Waals surface area contributed by atoms with Gasteiger partial charge in [-0.1, -0.05) is 12.1 Å². The van der Waals surface area contributed by atoms with Crippen LogP contribution in [0.3, 0.4) is 0 Å². The van der Waals surface area contributed by atoms with Gasteiger partial charge in [-0.05, 0) is 35.7 Å². The van der Waals surface area contributed by atoms with Crippen LogP contribution >= 0.6 is 11.9 Å². The highest BCUT2D eigenvalue weighted by Crippen LogP contribution is 2.39. The maximum Gasteiger partial charge on any atom is 0.309 e. The first-order valence-electron chi connectivity index (χ1n) is 6.53. The Balaban J connectivity index is 2.15. The largest absolute Gasteiger partial charge is 0.508 e. The lowest BCUT2D eigenvalue weighted by molar-refractivity contribution is -0.127. The minimum Gasteiger partial charge on any atom is -0.508 e. The quantitative estimate of drug-likeness (QED) is 0.0828. The maximum absolute atomic E-state index is 11.0. The molecule has 0 saturated heterocycles. The summed E-state index contributed by atoms with van der Waals surface area (Å²) < 4.78 is 2.74. The number of phenolic OH excluding ortho intramolecular Hbond substituents is 3. The number of aromatic hydroxyl groups is 3. The fraction of sp³-hybridized carbons (Fsp3) is 0. The lowest BCUT2D eigenvalue weighted by Crippen LogP contribution is -2.20. The van der Waals surface area contributed by atoms with Crippen molar-refractivity contribution in [2.75, 3.05) is 4.72 Å².